The number of H-pyrrole nitrogens is 1. The van der Waals surface area contributed by atoms with Crippen molar-refractivity contribution in [2.24, 2.45) is 0 Å². The molecule has 0 spiro atoms. The molecule has 1 amide bonds. The highest BCUT2D eigenvalue weighted by molar-refractivity contribution is 9.13. The first-order valence-electron chi connectivity index (χ1n) is 5.42. The lowest BCUT2D eigenvalue weighted by Crippen LogP contribution is -2.25. The van der Waals surface area contributed by atoms with Gasteiger partial charge in [-0.25, -0.2) is 0 Å². The molecule has 0 aliphatic carbocycles. The van der Waals surface area contributed by atoms with Crippen LogP contribution < -0.4 is 5.32 Å². The maximum Gasteiger partial charge on any atom is 0.273 e. The summed E-state index contributed by atoms with van der Waals surface area (Å²) < 4.78 is 3.93. The SMILES string of the molecule is CCn1ncc(Br)c1CNC(=O)c1n[nH]c(Br)c1Br. The molecule has 2 aromatic rings. The summed E-state index contributed by atoms with van der Waals surface area (Å²) in [7, 11) is 0. The molecule has 0 saturated carbocycles. The second-order valence-corrected chi connectivity index (χ2v) is 6.08. The lowest BCUT2D eigenvalue weighted by molar-refractivity contribution is 0.0944. The Morgan fingerprint density at radius 1 is 1.47 bits per heavy atom. The van der Waals surface area contributed by atoms with Crippen molar-refractivity contribution < 1.29 is 4.79 Å². The van der Waals surface area contributed by atoms with Crippen LogP contribution in [0.3, 0.4) is 0 Å². The van der Waals surface area contributed by atoms with E-state index < -0.39 is 0 Å². The smallest absolute Gasteiger partial charge is 0.273 e. The van der Waals surface area contributed by atoms with E-state index >= 15 is 0 Å². The monoisotopic (exact) mass is 453 g/mol. The lowest BCUT2D eigenvalue weighted by atomic mass is 10.3. The zero-order valence-corrected chi connectivity index (χ0v) is 14.6. The van der Waals surface area contributed by atoms with E-state index in [4.69, 9.17) is 0 Å². The molecule has 6 nitrogen and oxygen atoms in total. The zero-order valence-electron chi connectivity index (χ0n) is 9.88. The number of halogens is 3. The van der Waals surface area contributed by atoms with Gasteiger partial charge in [0.1, 0.15) is 4.60 Å². The van der Waals surface area contributed by atoms with Crippen molar-refractivity contribution in [3.63, 3.8) is 0 Å². The third-order valence-corrected chi connectivity index (χ3v) is 5.04. The van der Waals surface area contributed by atoms with Gasteiger partial charge < -0.3 is 5.32 Å². The van der Waals surface area contributed by atoms with Gasteiger partial charge in [0.2, 0.25) is 0 Å². The summed E-state index contributed by atoms with van der Waals surface area (Å²) in [5.41, 5.74) is 1.23. The van der Waals surface area contributed by atoms with E-state index in [1.54, 1.807) is 6.20 Å². The second kappa shape index (κ2) is 6.19. The van der Waals surface area contributed by atoms with E-state index in [1.807, 2.05) is 11.6 Å². The predicted octanol–water partition coefficient (Wildman–Crippen LogP) is 2.84. The number of aromatic amines is 1. The van der Waals surface area contributed by atoms with Gasteiger partial charge in [-0.2, -0.15) is 10.2 Å². The van der Waals surface area contributed by atoms with Crippen LogP contribution >= 0.6 is 47.8 Å². The first-order chi connectivity index (χ1) is 9.04. The molecule has 0 saturated heterocycles. The summed E-state index contributed by atoms with van der Waals surface area (Å²) in [5.74, 6) is -0.260. The van der Waals surface area contributed by atoms with Crippen molar-refractivity contribution in [2.45, 2.75) is 20.0 Å². The number of hydrogen-bond acceptors (Lipinski definition) is 3. The first-order valence-corrected chi connectivity index (χ1v) is 7.80. The van der Waals surface area contributed by atoms with Crippen LogP contribution in [0.2, 0.25) is 0 Å². The first kappa shape index (κ1) is 14.7. The Labute approximate surface area is 134 Å². The van der Waals surface area contributed by atoms with Crippen molar-refractivity contribution in [2.75, 3.05) is 0 Å². The minimum atomic E-state index is -0.260. The molecule has 0 aromatic carbocycles. The number of nitrogens with zero attached hydrogens (tertiary/aromatic N) is 3. The number of rotatable bonds is 4. The van der Waals surface area contributed by atoms with Gasteiger partial charge in [0, 0.05) is 6.54 Å². The lowest BCUT2D eigenvalue weighted by Gasteiger charge is -2.07. The molecule has 0 unspecified atom stereocenters. The fourth-order valence-electron chi connectivity index (χ4n) is 1.54. The molecule has 2 N–H and O–H groups in total. The molecular weight excluding hydrogens is 446 g/mol. The number of carbonyl (C=O) groups is 1. The summed E-state index contributed by atoms with van der Waals surface area (Å²) in [4.78, 5) is 12.0. The maximum absolute atomic E-state index is 12.0. The van der Waals surface area contributed by atoms with E-state index in [9.17, 15) is 4.79 Å². The highest BCUT2D eigenvalue weighted by Gasteiger charge is 2.17. The van der Waals surface area contributed by atoms with Crippen molar-refractivity contribution in [1.82, 2.24) is 25.3 Å². The fourth-order valence-corrected chi connectivity index (χ4v) is 2.61. The summed E-state index contributed by atoms with van der Waals surface area (Å²) in [6, 6.07) is 0. The van der Waals surface area contributed by atoms with Gasteiger partial charge in [0.05, 0.1) is 27.4 Å². The fraction of sp³-hybridized carbons (Fsp3) is 0.300. The maximum atomic E-state index is 12.0. The number of aryl methyl sites for hydroxylation is 1. The van der Waals surface area contributed by atoms with Gasteiger partial charge in [-0.3, -0.25) is 14.6 Å². The van der Waals surface area contributed by atoms with Crippen molar-refractivity contribution in [1.29, 1.82) is 0 Å². The third-order valence-electron chi connectivity index (χ3n) is 2.50. The van der Waals surface area contributed by atoms with E-state index in [0.29, 0.717) is 21.3 Å². The predicted molar refractivity (Wildman–Crippen MR) is 80.8 cm³/mol. The Kier molecular flexibility index (Phi) is 4.80. The molecule has 102 valence electrons. The number of amides is 1. The van der Waals surface area contributed by atoms with Crippen LogP contribution in [0.5, 0.6) is 0 Å². The molecular formula is C10H10Br3N5O. The van der Waals surface area contributed by atoms with Crippen molar-refractivity contribution in [3.8, 4) is 0 Å². The molecule has 2 rings (SSSR count). The zero-order chi connectivity index (χ0) is 14.0. The molecule has 9 heteroatoms. The number of nitrogens with one attached hydrogen (secondary N) is 2. The van der Waals surface area contributed by atoms with Crippen LogP contribution in [0, 0.1) is 0 Å². The van der Waals surface area contributed by atoms with Gasteiger partial charge in [-0.1, -0.05) is 0 Å². The minimum Gasteiger partial charge on any atom is -0.345 e. The highest BCUT2D eigenvalue weighted by atomic mass is 79.9. The van der Waals surface area contributed by atoms with Gasteiger partial charge in [-0.05, 0) is 54.7 Å². The van der Waals surface area contributed by atoms with Gasteiger partial charge >= 0.3 is 0 Å². The molecule has 0 aliphatic heterocycles. The third kappa shape index (κ3) is 3.09. The largest absolute Gasteiger partial charge is 0.345 e. The molecule has 2 heterocycles. The Morgan fingerprint density at radius 2 is 2.21 bits per heavy atom. The van der Waals surface area contributed by atoms with Gasteiger partial charge in [-0.15, -0.1) is 0 Å². The average molecular weight is 456 g/mol. The standard InChI is InChI=1S/C10H10Br3N5O/c1-2-18-6(5(11)3-15-18)4-14-10(19)8-7(12)9(13)17-16-8/h3H,2,4H2,1H3,(H,14,19)(H,16,17). The average Bonchev–Trinajstić information content (AvgIpc) is 2.91. The summed E-state index contributed by atoms with van der Waals surface area (Å²) in [6.45, 7) is 3.12. The molecule has 0 bridgehead atoms. The van der Waals surface area contributed by atoms with Crippen LogP contribution in [0.1, 0.15) is 23.1 Å². The summed E-state index contributed by atoms with van der Waals surface area (Å²) in [5, 5.41) is 13.6. The second-order valence-electron chi connectivity index (χ2n) is 3.64. The Hall–Kier alpha value is -0.670. The number of carbonyl (C=O) groups excluding carboxylic acids is 1. The topological polar surface area (TPSA) is 75.6 Å². The Morgan fingerprint density at radius 3 is 2.79 bits per heavy atom. The van der Waals surface area contributed by atoms with Crippen LogP contribution in [0.4, 0.5) is 0 Å². The van der Waals surface area contributed by atoms with Crippen LogP contribution in [-0.2, 0) is 13.1 Å². The quantitative estimate of drug-likeness (QED) is 0.744. The number of aromatic nitrogens is 4. The van der Waals surface area contributed by atoms with E-state index in [-0.39, 0.29) is 5.91 Å². The highest BCUT2D eigenvalue weighted by Crippen LogP contribution is 2.23. The van der Waals surface area contributed by atoms with E-state index in [2.05, 4.69) is 68.4 Å². The normalized spacial score (nSPS) is 10.7. The molecule has 19 heavy (non-hydrogen) atoms. The van der Waals surface area contributed by atoms with Gasteiger partial charge in [0.15, 0.2) is 5.69 Å². The number of hydrogen-bond donors (Lipinski definition) is 2. The van der Waals surface area contributed by atoms with E-state index in [0.717, 1.165) is 16.7 Å². The molecule has 2 aromatic heterocycles. The summed E-state index contributed by atoms with van der Waals surface area (Å²) >= 11 is 9.94. The molecule has 0 radical (unpaired) electrons. The molecule has 0 aliphatic rings. The molecule has 0 atom stereocenters. The minimum absolute atomic E-state index is 0.260. The summed E-state index contributed by atoms with van der Waals surface area (Å²) in [6.07, 6.45) is 1.71. The van der Waals surface area contributed by atoms with Crippen molar-refractivity contribution >= 4 is 53.7 Å². The molecule has 0 fully saturated rings. The van der Waals surface area contributed by atoms with Gasteiger partial charge in [0.25, 0.3) is 5.91 Å². The Bertz CT molecular complexity index is 606. The van der Waals surface area contributed by atoms with Crippen LogP contribution in [0.15, 0.2) is 19.7 Å². The van der Waals surface area contributed by atoms with E-state index in [1.165, 1.54) is 0 Å². The van der Waals surface area contributed by atoms with Crippen LogP contribution in [0.25, 0.3) is 0 Å². The van der Waals surface area contributed by atoms with Crippen LogP contribution in [-0.4, -0.2) is 25.9 Å². The van der Waals surface area contributed by atoms with Crippen molar-refractivity contribution in [3.05, 3.63) is 31.1 Å². The Balaban J connectivity index is 2.08.